The molecule has 0 spiro atoms. The van der Waals surface area contributed by atoms with E-state index in [2.05, 4.69) is 4.90 Å². The number of aromatic hydroxyl groups is 1. The molecule has 252 valence electrons. The molecule has 6 rings (SSSR count). The number of likely N-dealkylation sites (tertiary alicyclic amines) is 1. The molecule has 1 saturated heterocycles. The van der Waals surface area contributed by atoms with Gasteiger partial charge in [-0.25, -0.2) is 0 Å². The summed E-state index contributed by atoms with van der Waals surface area (Å²) in [7, 11) is 0. The zero-order valence-electron chi connectivity index (χ0n) is 27.2. The van der Waals surface area contributed by atoms with Crippen molar-refractivity contribution in [2.45, 2.75) is 42.3 Å². The number of alkyl halides is 1. The molecule has 5 aromatic rings. The summed E-state index contributed by atoms with van der Waals surface area (Å²) in [5.74, 6) is 1.94. The average Bonchev–Trinajstić information content (AvgIpc) is 3.60. The third-order valence-corrected chi connectivity index (χ3v) is 9.68. The first-order chi connectivity index (χ1) is 24.0. The lowest BCUT2D eigenvalue weighted by atomic mass is 10.0. The fourth-order valence-corrected chi connectivity index (χ4v) is 6.88. The number of ketones is 1. The topological polar surface area (TPSA) is 68.2 Å². The second kappa shape index (κ2) is 17.0. The van der Waals surface area contributed by atoms with Gasteiger partial charge in [0.25, 0.3) is 0 Å². The number of Topliss-reactive ketones (excluding diaryl/α,β-unsaturated/α-hetero) is 1. The van der Waals surface area contributed by atoms with Gasteiger partial charge in [0.2, 0.25) is 0 Å². The summed E-state index contributed by atoms with van der Waals surface area (Å²) in [4.78, 5) is 17.0. The van der Waals surface area contributed by atoms with Crippen LogP contribution in [0, 0.1) is 0 Å². The van der Waals surface area contributed by atoms with E-state index < -0.39 is 5.25 Å². The molecule has 0 saturated carbocycles. The van der Waals surface area contributed by atoms with Gasteiger partial charge in [0.15, 0.2) is 5.78 Å². The maximum Gasteiger partial charge on any atom is 0.180 e. The van der Waals surface area contributed by atoms with E-state index in [4.69, 9.17) is 14.2 Å². The highest BCUT2D eigenvalue weighted by atomic mass is 32.2. The van der Waals surface area contributed by atoms with Crippen LogP contribution < -0.4 is 14.2 Å². The molecule has 6 nitrogen and oxygen atoms in total. The fraction of sp³-hybridized carbons (Fsp3) is 0.244. The fourth-order valence-electron chi connectivity index (χ4n) is 5.72. The van der Waals surface area contributed by atoms with Gasteiger partial charge < -0.3 is 19.3 Å². The first-order valence-corrected chi connectivity index (χ1v) is 17.4. The van der Waals surface area contributed by atoms with Crippen LogP contribution in [0.5, 0.6) is 23.0 Å². The van der Waals surface area contributed by atoms with Gasteiger partial charge in [0.05, 0.1) is 16.8 Å². The molecule has 1 aliphatic rings. The Hall–Kier alpha value is -4.79. The highest BCUT2D eigenvalue weighted by Crippen LogP contribution is 2.43. The molecule has 1 N–H and O–H groups in total. The number of ether oxygens (including phenoxy) is 3. The minimum absolute atomic E-state index is 0.0338. The molecule has 1 unspecified atom stereocenters. The van der Waals surface area contributed by atoms with E-state index in [1.54, 1.807) is 30.3 Å². The maximum atomic E-state index is 14.2. The van der Waals surface area contributed by atoms with E-state index in [9.17, 15) is 14.3 Å². The Morgan fingerprint density at radius 3 is 2.06 bits per heavy atom. The van der Waals surface area contributed by atoms with Gasteiger partial charge in [-0.3, -0.25) is 14.1 Å². The van der Waals surface area contributed by atoms with Crippen molar-refractivity contribution in [2.75, 3.05) is 26.3 Å². The summed E-state index contributed by atoms with van der Waals surface area (Å²) in [6.07, 6.45) is 1.45. The number of phenols is 1. The molecule has 1 fully saturated rings. The number of carbonyl (C=O) groups is 1. The normalized spacial score (nSPS) is 15.1. The SMILES string of the molecule is O=C(c1ccc(O[C@@H]2CCN(CCCF)C2)cc1)C(Sc1cc(OCc2ccccc2)ccc1O)c1ccc(OCc2ccccc2)cc1. The van der Waals surface area contributed by atoms with Crippen molar-refractivity contribution in [3.8, 4) is 23.0 Å². The molecule has 0 radical (unpaired) electrons. The molecule has 8 heteroatoms. The zero-order chi connectivity index (χ0) is 33.8. The predicted molar refractivity (Wildman–Crippen MR) is 192 cm³/mol. The summed E-state index contributed by atoms with van der Waals surface area (Å²) >= 11 is 1.28. The van der Waals surface area contributed by atoms with Crippen LogP contribution in [0.4, 0.5) is 4.39 Å². The van der Waals surface area contributed by atoms with Crippen molar-refractivity contribution in [3.63, 3.8) is 0 Å². The summed E-state index contributed by atoms with van der Waals surface area (Å²) in [6, 6.07) is 39.7. The van der Waals surface area contributed by atoms with Crippen LogP contribution >= 0.6 is 11.8 Å². The van der Waals surface area contributed by atoms with Crippen molar-refractivity contribution in [1.82, 2.24) is 4.90 Å². The van der Waals surface area contributed by atoms with Crippen molar-refractivity contribution in [2.24, 2.45) is 0 Å². The Morgan fingerprint density at radius 2 is 1.41 bits per heavy atom. The predicted octanol–water partition coefficient (Wildman–Crippen LogP) is 9.08. The Morgan fingerprint density at radius 1 is 0.796 bits per heavy atom. The Bertz CT molecular complexity index is 1770. The molecule has 0 aromatic heterocycles. The maximum absolute atomic E-state index is 14.2. The van der Waals surface area contributed by atoms with E-state index >= 15 is 0 Å². The highest BCUT2D eigenvalue weighted by Gasteiger charge is 2.27. The largest absolute Gasteiger partial charge is 0.507 e. The van der Waals surface area contributed by atoms with Crippen molar-refractivity contribution < 1.29 is 28.5 Å². The van der Waals surface area contributed by atoms with E-state index in [0.29, 0.717) is 47.3 Å². The Labute approximate surface area is 291 Å². The molecular weight excluding hydrogens is 638 g/mol. The number of rotatable bonds is 16. The van der Waals surface area contributed by atoms with E-state index in [-0.39, 0.29) is 24.3 Å². The number of benzene rings is 5. The van der Waals surface area contributed by atoms with Crippen molar-refractivity contribution in [1.29, 1.82) is 0 Å². The monoisotopic (exact) mass is 677 g/mol. The molecular formula is C41H40FNO5S. The number of hydrogen-bond donors (Lipinski definition) is 1. The minimum atomic E-state index is -0.663. The lowest BCUT2D eigenvalue weighted by Gasteiger charge is -2.19. The van der Waals surface area contributed by atoms with Gasteiger partial charge in [0.1, 0.15) is 42.3 Å². The highest BCUT2D eigenvalue weighted by molar-refractivity contribution is 8.00. The number of nitrogens with zero attached hydrogens (tertiary/aromatic N) is 1. The lowest BCUT2D eigenvalue weighted by molar-refractivity contribution is 0.0989. The van der Waals surface area contributed by atoms with Gasteiger partial charge in [-0.1, -0.05) is 72.8 Å². The first-order valence-electron chi connectivity index (χ1n) is 16.6. The minimum Gasteiger partial charge on any atom is -0.507 e. The van der Waals surface area contributed by atoms with E-state index in [0.717, 1.165) is 42.7 Å². The number of carbonyl (C=O) groups excluding carboxylic acids is 1. The third-order valence-electron chi connectivity index (χ3n) is 8.37. The third kappa shape index (κ3) is 9.65. The Kier molecular flexibility index (Phi) is 11.9. The van der Waals surface area contributed by atoms with Gasteiger partial charge in [-0.15, -0.1) is 11.8 Å². The van der Waals surface area contributed by atoms with Gasteiger partial charge in [0, 0.05) is 25.2 Å². The van der Waals surface area contributed by atoms with Crippen molar-refractivity contribution >= 4 is 17.5 Å². The van der Waals surface area contributed by atoms with Crippen LogP contribution in [0.15, 0.2) is 132 Å². The van der Waals surface area contributed by atoms with Crippen LogP contribution in [0.2, 0.25) is 0 Å². The van der Waals surface area contributed by atoms with E-state index in [1.807, 2.05) is 97.1 Å². The van der Waals surface area contributed by atoms with Gasteiger partial charge >= 0.3 is 0 Å². The summed E-state index contributed by atoms with van der Waals surface area (Å²) in [5.41, 5.74) is 3.40. The van der Waals surface area contributed by atoms with Crippen LogP contribution in [-0.2, 0) is 13.2 Å². The summed E-state index contributed by atoms with van der Waals surface area (Å²) in [5, 5.41) is 10.2. The number of halogens is 1. The second-order valence-corrected chi connectivity index (χ2v) is 13.2. The van der Waals surface area contributed by atoms with Crippen LogP contribution in [0.3, 0.4) is 0 Å². The quantitative estimate of drug-likeness (QED) is 0.0826. The second-order valence-electron chi connectivity index (χ2n) is 12.0. The molecule has 0 bridgehead atoms. The van der Waals surface area contributed by atoms with Crippen LogP contribution in [0.25, 0.3) is 0 Å². The molecule has 0 aliphatic carbocycles. The lowest BCUT2D eigenvalue weighted by Crippen LogP contribution is -2.26. The molecule has 5 aromatic carbocycles. The summed E-state index contributed by atoms with van der Waals surface area (Å²) < 4.78 is 30.8. The van der Waals surface area contributed by atoms with Crippen LogP contribution in [-0.4, -0.2) is 48.2 Å². The Balaban J connectivity index is 1.19. The van der Waals surface area contributed by atoms with Crippen LogP contribution in [0.1, 0.15) is 45.1 Å². The molecule has 0 amide bonds. The smallest absolute Gasteiger partial charge is 0.180 e. The van der Waals surface area contributed by atoms with Gasteiger partial charge in [-0.2, -0.15) is 0 Å². The molecule has 1 aliphatic heterocycles. The number of thioether (sulfide) groups is 1. The number of hydrogen-bond acceptors (Lipinski definition) is 7. The molecule has 2 atom stereocenters. The first kappa shape index (κ1) is 34.1. The van der Waals surface area contributed by atoms with Crippen molar-refractivity contribution in [3.05, 3.63) is 150 Å². The zero-order valence-corrected chi connectivity index (χ0v) is 28.1. The van der Waals surface area contributed by atoms with E-state index in [1.165, 1.54) is 11.8 Å². The molecule has 49 heavy (non-hydrogen) atoms. The standard InChI is InChI=1S/C41H40FNO5S/c42-23-7-24-43-25-22-37(27-43)48-35-18-12-32(13-19-35)40(45)41(33-14-16-34(17-15-33)46-28-30-8-3-1-4-9-30)49-39-26-36(20-21-38(39)44)47-29-31-10-5-2-6-11-31/h1-6,8-21,26,37,41,44H,7,22-25,27-29H2/t37-,41?/m1/s1. The average molecular weight is 678 g/mol. The van der Waals surface area contributed by atoms with Gasteiger partial charge in [-0.05, 0) is 84.1 Å². The summed E-state index contributed by atoms with van der Waals surface area (Å²) in [6.45, 7) is 2.90. The number of phenolic OH excluding ortho intramolecular Hbond substituents is 1. The molecule has 1 heterocycles.